The predicted octanol–water partition coefficient (Wildman–Crippen LogP) is 3.88. The van der Waals surface area contributed by atoms with Gasteiger partial charge in [-0.15, -0.1) is 0 Å². The van der Waals surface area contributed by atoms with E-state index in [1.165, 1.54) is 4.70 Å². The molecule has 2 rings (SSSR count). The number of para-hydroxylation sites is 1. The van der Waals surface area contributed by atoms with Crippen molar-refractivity contribution in [1.82, 2.24) is 4.98 Å². The van der Waals surface area contributed by atoms with E-state index in [4.69, 9.17) is 0 Å². The highest BCUT2D eigenvalue weighted by Gasteiger charge is 2.01. The fourth-order valence-corrected chi connectivity index (χ4v) is 2.29. The lowest BCUT2D eigenvalue weighted by molar-refractivity contribution is 0.983. The number of nitrogens with one attached hydrogen (secondary N) is 1. The third-order valence-electron chi connectivity index (χ3n) is 2.25. The van der Waals surface area contributed by atoms with E-state index in [9.17, 15) is 0 Å². The zero-order valence-electron chi connectivity index (χ0n) is 9.53. The molecule has 1 aromatic heterocycles. The number of fused-ring (bicyclic) bond motifs is 1. The third-order valence-corrected chi connectivity index (χ3v) is 3.19. The van der Waals surface area contributed by atoms with Crippen LogP contribution in [-0.2, 0) is 0 Å². The van der Waals surface area contributed by atoms with Gasteiger partial charge in [0.15, 0.2) is 0 Å². The second kappa shape index (κ2) is 5.07. The molecule has 0 saturated heterocycles. The molecule has 1 N–H and O–H groups in total. The van der Waals surface area contributed by atoms with Crippen LogP contribution < -0.4 is 5.43 Å². The van der Waals surface area contributed by atoms with E-state index in [0.717, 1.165) is 29.2 Å². The molecule has 1 aromatic carbocycles. The second-order valence-corrected chi connectivity index (χ2v) is 4.73. The highest BCUT2D eigenvalue weighted by Crippen LogP contribution is 2.25. The van der Waals surface area contributed by atoms with Gasteiger partial charge in [-0.2, -0.15) is 5.10 Å². The van der Waals surface area contributed by atoms with Crippen LogP contribution in [0.25, 0.3) is 10.2 Å². The van der Waals surface area contributed by atoms with Crippen molar-refractivity contribution >= 4 is 32.4 Å². The average molecular weight is 233 g/mol. The van der Waals surface area contributed by atoms with E-state index in [1.54, 1.807) is 11.3 Å². The second-order valence-electron chi connectivity index (χ2n) is 3.70. The van der Waals surface area contributed by atoms with Gasteiger partial charge in [0.25, 0.3) is 0 Å². The third kappa shape index (κ3) is 2.58. The maximum absolute atomic E-state index is 4.45. The Morgan fingerprint density at radius 3 is 3.00 bits per heavy atom. The molecule has 0 amide bonds. The summed E-state index contributed by atoms with van der Waals surface area (Å²) >= 11 is 1.63. The Kier molecular flexibility index (Phi) is 3.51. The summed E-state index contributed by atoms with van der Waals surface area (Å²) < 4.78 is 1.19. The molecule has 0 fully saturated rings. The quantitative estimate of drug-likeness (QED) is 0.642. The van der Waals surface area contributed by atoms with Crippen molar-refractivity contribution < 1.29 is 0 Å². The first-order valence-corrected chi connectivity index (χ1v) is 6.26. The normalized spacial score (nSPS) is 12.0. The minimum absolute atomic E-state index is 0.858. The summed E-state index contributed by atoms with van der Waals surface area (Å²) in [6, 6.07) is 8.10. The molecule has 0 saturated carbocycles. The van der Waals surface area contributed by atoms with E-state index in [0.29, 0.717) is 0 Å². The largest absolute Gasteiger partial charge is 0.253 e. The molecule has 3 nitrogen and oxygen atoms in total. The maximum Gasteiger partial charge on any atom is 0.204 e. The molecule has 16 heavy (non-hydrogen) atoms. The number of hydrogen-bond acceptors (Lipinski definition) is 4. The Morgan fingerprint density at radius 1 is 1.44 bits per heavy atom. The van der Waals surface area contributed by atoms with E-state index in [-0.39, 0.29) is 0 Å². The van der Waals surface area contributed by atoms with Crippen LogP contribution in [0.1, 0.15) is 26.7 Å². The molecule has 0 atom stereocenters. The first-order chi connectivity index (χ1) is 7.79. The minimum Gasteiger partial charge on any atom is -0.253 e. The number of hydrazone groups is 1. The number of anilines is 1. The van der Waals surface area contributed by atoms with Crippen molar-refractivity contribution in [2.24, 2.45) is 5.10 Å². The van der Waals surface area contributed by atoms with Crippen LogP contribution >= 0.6 is 11.3 Å². The molecule has 0 spiro atoms. The zero-order valence-corrected chi connectivity index (χ0v) is 10.3. The summed E-state index contributed by atoms with van der Waals surface area (Å²) in [4.78, 5) is 4.45. The van der Waals surface area contributed by atoms with Crippen LogP contribution in [0.3, 0.4) is 0 Å². The summed E-state index contributed by atoms with van der Waals surface area (Å²) in [6.45, 7) is 4.18. The fraction of sp³-hybridized carbons (Fsp3) is 0.333. The molecule has 0 radical (unpaired) electrons. The van der Waals surface area contributed by atoms with Crippen molar-refractivity contribution in [2.75, 3.05) is 5.43 Å². The SMILES string of the molecule is CCC/C(C)=N\Nc1nc2ccccc2s1. The smallest absolute Gasteiger partial charge is 0.204 e. The maximum atomic E-state index is 4.45. The van der Waals surface area contributed by atoms with Crippen molar-refractivity contribution in [1.29, 1.82) is 0 Å². The minimum atomic E-state index is 0.858. The highest BCUT2D eigenvalue weighted by molar-refractivity contribution is 7.22. The Bertz CT molecular complexity index is 469. The van der Waals surface area contributed by atoms with Crippen LogP contribution in [0.5, 0.6) is 0 Å². The van der Waals surface area contributed by atoms with Gasteiger partial charge in [0.1, 0.15) is 0 Å². The van der Waals surface area contributed by atoms with Crippen molar-refractivity contribution in [3.05, 3.63) is 24.3 Å². The number of thiazole rings is 1. The number of benzene rings is 1. The van der Waals surface area contributed by atoms with Crippen molar-refractivity contribution in [3.63, 3.8) is 0 Å². The van der Waals surface area contributed by atoms with Gasteiger partial charge in [0.2, 0.25) is 5.13 Å². The van der Waals surface area contributed by atoms with Gasteiger partial charge in [0, 0.05) is 5.71 Å². The Morgan fingerprint density at radius 2 is 2.25 bits per heavy atom. The van der Waals surface area contributed by atoms with Crippen LogP contribution in [0.4, 0.5) is 5.13 Å². The van der Waals surface area contributed by atoms with E-state index >= 15 is 0 Å². The standard InChI is InChI=1S/C12H15N3S/c1-3-6-9(2)14-15-12-13-10-7-4-5-8-11(10)16-12/h4-5,7-8H,3,6H2,1-2H3,(H,13,15)/b14-9-. The molecular formula is C12H15N3S. The van der Waals surface area contributed by atoms with Crippen molar-refractivity contribution in [3.8, 4) is 0 Å². The van der Waals surface area contributed by atoms with Gasteiger partial charge >= 0.3 is 0 Å². The zero-order chi connectivity index (χ0) is 11.4. The lowest BCUT2D eigenvalue weighted by Crippen LogP contribution is -1.96. The molecule has 0 aliphatic rings. The lowest BCUT2D eigenvalue weighted by atomic mass is 10.2. The van der Waals surface area contributed by atoms with Gasteiger partial charge in [-0.1, -0.05) is 36.8 Å². The lowest BCUT2D eigenvalue weighted by Gasteiger charge is -1.97. The molecule has 0 bridgehead atoms. The van der Waals surface area contributed by atoms with E-state index < -0.39 is 0 Å². The van der Waals surface area contributed by atoms with Crippen LogP contribution in [-0.4, -0.2) is 10.7 Å². The first kappa shape index (κ1) is 11.1. The first-order valence-electron chi connectivity index (χ1n) is 5.44. The van der Waals surface area contributed by atoms with Crippen LogP contribution in [0.2, 0.25) is 0 Å². The summed E-state index contributed by atoms with van der Waals surface area (Å²) in [5, 5.41) is 5.15. The Labute approximate surface area is 99.2 Å². The summed E-state index contributed by atoms with van der Waals surface area (Å²) in [5.74, 6) is 0. The molecule has 0 aliphatic carbocycles. The summed E-state index contributed by atoms with van der Waals surface area (Å²) in [6.07, 6.45) is 2.15. The van der Waals surface area contributed by atoms with E-state index in [1.807, 2.05) is 25.1 Å². The molecule has 1 heterocycles. The summed E-state index contributed by atoms with van der Waals surface area (Å²) in [7, 11) is 0. The summed E-state index contributed by atoms with van der Waals surface area (Å²) in [5.41, 5.74) is 5.15. The van der Waals surface area contributed by atoms with Crippen molar-refractivity contribution in [2.45, 2.75) is 26.7 Å². The number of rotatable bonds is 4. The number of nitrogens with zero attached hydrogens (tertiary/aromatic N) is 2. The molecule has 0 unspecified atom stereocenters. The van der Waals surface area contributed by atoms with Gasteiger partial charge in [-0.25, -0.2) is 4.98 Å². The van der Waals surface area contributed by atoms with Gasteiger partial charge in [-0.3, -0.25) is 5.43 Å². The Hall–Kier alpha value is -1.42. The monoisotopic (exact) mass is 233 g/mol. The predicted molar refractivity (Wildman–Crippen MR) is 71.3 cm³/mol. The molecule has 84 valence electrons. The van der Waals surface area contributed by atoms with Crippen LogP contribution in [0, 0.1) is 0 Å². The van der Waals surface area contributed by atoms with Crippen LogP contribution in [0.15, 0.2) is 29.4 Å². The van der Waals surface area contributed by atoms with Gasteiger partial charge in [-0.05, 0) is 25.5 Å². The topological polar surface area (TPSA) is 37.3 Å². The fourth-order valence-electron chi connectivity index (χ4n) is 1.48. The highest BCUT2D eigenvalue weighted by atomic mass is 32.1. The molecule has 2 aromatic rings. The van der Waals surface area contributed by atoms with E-state index in [2.05, 4.69) is 28.5 Å². The number of aromatic nitrogens is 1. The molecular weight excluding hydrogens is 218 g/mol. The van der Waals surface area contributed by atoms with Gasteiger partial charge in [0.05, 0.1) is 10.2 Å². The van der Waals surface area contributed by atoms with Gasteiger partial charge < -0.3 is 0 Å². The number of hydrogen-bond donors (Lipinski definition) is 1. The molecule has 0 aliphatic heterocycles. The molecule has 4 heteroatoms. The Balaban J connectivity index is 2.13. The average Bonchev–Trinajstić information content (AvgIpc) is 2.69.